The highest BCUT2D eigenvalue weighted by Crippen LogP contribution is 2.40. The van der Waals surface area contributed by atoms with Gasteiger partial charge >= 0.3 is 0 Å². The molecule has 1 aromatic heterocycles. The number of aromatic nitrogens is 1. The number of hydrogen-bond acceptors (Lipinski definition) is 7. The predicted molar refractivity (Wildman–Crippen MR) is 114 cm³/mol. The van der Waals surface area contributed by atoms with Crippen molar-refractivity contribution < 1.29 is 28.9 Å². The maximum Gasteiger partial charge on any atom is 0.295 e. The van der Waals surface area contributed by atoms with Gasteiger partial charge in [0.25, 0.3) is 11.7 Å². The topological polar surface area (TPSA) is 98.2 Å². The highest BCUT2D eigenvalue weighted by atomic mass is 16.5. The van der Waals surface area contributed by atoms with Crippen LogP contribution in [-0.2, 0) is 14.3 Å². The molecule has 1 aliphatic rings. The number of rotatable bonds is 9. The molecule has 1 atom stereocenters. The lowest BCUT2D eigenvalue weighted by Gasteiger charge is -2.24. The lowest BCUT2D eigenvalue weighted by molar-refractivity contribution is -0.140. The van der Waals surface area contributed by atoms with Crippen molar-refractivity contribution >= 4 is 17.4 Å². The fraction of sp³-hybridized carbons (Fsp3) is 0.348. The first kappa shape index (κ1) is 22.3. The molecule has 31 heavy (non-hydrogen) atoms. The fourth-order valence-corrected chi connectivity index (χ4v) is 3.52. The Labute approximate surface area is 181 Å². The molecular weight excluding hydrogens is 400 g/mol. The maximum atomic E-state index is 13.0. The summed E-state index contributed by atoms with van der Waals surface area (Å²) in [6, 6.07) is 9.33. The summed E-state index contributed by atoms with van der Waals surface area (Å²) in [6.45, 7) is 4.92. The second-order valence-electron chi connectivity index (χ2n) is 6.76. The molecular formula is C23H26N2O6. The second-order valence-corrected chi connectivity index (χ2v) is 6.76. The van der Waals surface area contributed by atoms with Crippen LogP contribution in [0.5, 0.6) is 11.5 Å². The summed E-state index contributed by atoms with van der Waals surface area (Å²) in [5, 5.41) is 11.2. The third-order valence-corrected chi connectivity index (χ3v) is 4.86. The molecule has 1 aliphatic heterocycles. The number of carbonyl (C=O) groups is 2. The minimum Gasteiger partial charge on any atom is -0.507 e. The van der Waals surface area contributed by atoms with Gasteiger partial charge in [0.2, 0.25) is 0 Å². The third kappa shape index (κ3) is 4.54. The Morgan fingerprint density at radius 1 is 1.13 bits per heavy atom. The van der Waals surface area contributed by atoms with Gasteiger partial charge in [0.15, 0.2) is 0 Å². The molecule has 1 unspecified atom stereocenters. The normalized spacial score (nSPS) is 17.8. The minimum atomic E-state index is -0.836. The van der Waals surface area contributed by atoms with Crippen molar-refractivity contribution in [2.24, 2.45) is 0 Å². The van der Waals surface area contributed by atoms with Crippen LogP contribution in [0.25, 0.3) is 5.76 Å². The molecule has 1 aromatic carbocycles. The first-order chi connectivity index (χ1) is 15.0. The number of likely N-dealkylation sites (tertiary alicyclic amines) is 1. The van der Waals surface area contributed by atoms with Gasteiger partial charge in [-0.3, -0.25) is 14.6 Å². The zero-order valence-electron chi connectivity index (χ0n) is 17.8. The Morgan fingerprint density at radius 3 is 2.55 bits per heavy atom. The molecule has 1 amide bonds. The summed E-state index contributed by atoms with van der Waals surface area (Å²) in [5.41, 5.74) is 0.740. The molecule has 0 radical (unpaired) electrons. The number of carbonyl (C=O) groups excluding carboxylic acids is 2. The lowest BCUT2D eigenvalue weighted by Crippen LogP contribution is -2.33. The van der Waals surface area contributed by atoms with Crippen LogP contribution in [0.3, 0.4) is 0 Å². The smallest absolute Gasteiger partial charge is 0.295 e. The van der Waals surface area contributed by atoms with Crippen molar-refractivity contribution in [1.29, 1.82) is 0 Å². The first-order valence-electron chi connectivity index (χ1n) is 10.1. The molecule has 0 bridgehead atoms. The van der Waals surface area contributed by atoms with E-state index in [0.29, 0.717) is 36.0 Å². The number of nitrogens with zero attached hydrogens (tertiary/aromatic N) is 2. The van der Waals surface area contributed by atoms with Gasteiger partial charge in [0.05, 0.1) is 36.7 Å². The monoisotopic (exact) mass is 426 g/mol. The number of pyridine rings is 1. The number of aliphatic hydroxyl groups is 1. The molecule has 0 saturated carbocycles. The van der Waals surface area contributed by atoms with Crippen LogP contribution in [-0.4, -0.2) is 60.2 Å². The molecule has 1 saturated heterocycles. The van der Waals surface area contributed by atoms with Gasteiger partial charge in [0, 0.05) is 25.9 Å². The number of benzene rings is 1. The van der Waals surface area contributed by atoms with E-state index in [0.717, 1.165) is 0 Å². The number of methoxy groups -OCH3 is 1. The molecule has 0 aliphatic carbocycles. The maximum absolute atomic E-state index is 13.0. The van der Waals surface area contributed by atoms with Crippen LogP contribution in [0.2, 0.25) is 0 Å². The van der Waals surface area contributed by atoms with Gasteiger partial charge < -0.3 is 24.2 Å². The highest BCUT2D eigenvalue weighted by Gasteiger charge is 2.46. The van der Waals surface area contributed by atoms with Crippen LogP contribution in [0, 0.1) is 0 Å². The summed E-state index contributed by atoms with van der Waals surface area (Å²) < 4.78 is 16.3. The fourth-order valence-electron chi connectivity index (χ4n) is 3.52. The third-order valence-electron chi connectivity index (χ3n) is 4.86. The predicted octanol–water partition coefficient (Wildman–Crippen LogP) is 2.95. The number of Topliss-reactive ketones (excluding diaryl/α,β-unsaturated/α-hetero) is 1. The van der Waals surface area contributed by atoms with Crippen molar-refractivity contribution in [1.82, 2.24) is 9.88 Å². The molecule has 2 heterocycles. The van der Waals surface area contributed by atoms with Gasteiger partial charge in [-0.15, -0.1) is 0 Å². The molecule has 2 aromatic rings. The molecule has 1 fully saturated rings. The standard InChI is InChI=1S/C23H26N2O6/c1-4-30-15-9-10-16(18(14-15)31-5-2)21(26)19-20(17-8-6-7-11-24-17)25(12-13-29-3)23(28)22(19)27/h6-11,14,20,26H,4-5,12-13H2,1-3H3/b21-19-. The van der Waals surface area contributed by atoms with Crippen molar-refractivity contribution in [2.45, 2.75) is 19.9 Å². The van der Waals surface area contributed by atoms with E-state index >= 15 is 0 Å². The molecule has 0 spiro atoms. The first-order valence-corrected chi connectivity index (χ1v) is 10.1. The van der Waals surface area contributed by atoms with Gasteiger partial charge in [-0.1, -0.05) is 6.07 Å². The second kappa shape index (κ2) is 10.1. The van der Waals surface area contributed by atoms with Crippen molar-refractivity contribution in [3.8, 4) is 11.5 Å². The van der Waals surface area contributed by atoms with E-state index in [-0.39, 0.29) is 24.5 Å². The average Bonchev–Trinajstić information content (AvgIpc) is 3.03. The van der Waals surface area contributed by atoms with Gasteiger partial charge in [-0.05, 0) is 38.1 Å². The highest BCUT2D eigenvalue weighted by molar-refractivity contribution is 6.46. The Balaban J connectivity index is 2.16. The largest absolute Gasteiger partial charge is 0.507 e. The Kier molecular flexibility index (Phi) is 7.25. The SMILES string of the molecule is CCOc1ccc(/C(O)=C2/C(=O)C(=O)N(CCOC)C2c2ccccn2)c(OCC)c1. The minimum absolute atomic E-state index is 0.0371. The summed E-state index contributed by atoms with van der Waals surface area (Å²) >= 11 is 0. The van der Waals surface area contributed by atoms with Crippen LogP contribution >= 0.6 is 0 Å². The quantitative estimate of drug-likeness (QED) is 0.374. The van der Waals surface area contributed by atoms with Crippen LogP contribution < -0.4 is 9.47 Å². The zero-order chi connectivity index (χ0) is 22.4. The van der Waals surface area contributed by atoms with Gasteiger partial charge in [-0.25, -0.2) is 0 Å². The van der Waals surface area contributed by atoms with Crippen molar-refractivity contribution in [3.63, 3.8) is 0 Å². The van der Waals surface area contributed by atoms with E-state index in [2.05, 4.69) is 4.98 Å². The Bertz CT molecular complexity index is 973. The summed E-state index contributed by atoms with van der Waals surface area (Å²) in [5.74, 6) is -0.878. The average molecular weight is 426 g/mol. The van der Waals surface area contributed by atoms with Gasteiger partial charge in [-0.2, -0.15) is 0 Å². The molecule has 1 N–H and O–H groups in total. The van der Waals surface area contributed by atoms with E-state index in [4.69, 9.17) is 14.2 Å². The molecule has 8 nitrogen and oxygen atoms in total. The molecule has 8 heteroatoms. The number of hydrogen-bond donors (Lipinski definition) is 1. The lowest BCUT2D eigenvalue weighted by atomic mass is 9.97. The summed E-state index contributed by atoms with van der Waals surface area (Å²) in [6.07, 6.45) is 1.58. The van der Waals surface area contributed by atoms with E-state index in [1.807, 2.05) is 13.8 Å². The Morgan fingerprint density at radius 2 is 1.90 bits per heavy atom. The van der Waals surface area contributed by atoms with Gasteiger partial charge in [0.1, 0.15) is 23.3 Å². The zero-order valence-corrected chi connectivity index (χ0v) is 17.8. The van der Waals surface area contributed by atoms with Crippen LogP contribution in [0.15, 0.2) is 48.2 Å². The molecule has 164 valence electrons. The summed E-state index contributed by atoms with van der Waals surface area (Å²) in [7, 11) is 1.51. The number of amides is 1. The number of ketones is 1. The summed E-state index contributed by atoms with van der Waals surface area (Å²) in [4.78, 5) is 31.5. The van der Waals surface area contributed by atoms with E-state index in [1.54, 1.807) is 42.6 Å². The van der Waals surface area contributed by atoms with Crippen LogP contribution in [0.4, 0.5) is 0 Å². The van der Waals surface area contributed by atoms with Crippen molar-refractivity contribution in [2.75, 3.05) is 33.5 Å². The van der Waals surface area contributed by atoms with E-state index in [1.165, 1.54) is 12.0 Å². The van der Waals surface area contributed by atoms with E-state index in [9.17, 15) is 14.7 Å². The Hall–Kier alpha value is -3.39. The van der Waals surface area contributed by atoms with Crippen LogP contribution in [0.1, 0.15) is 31.1 Å². The van der Waals surface area contributed by atoms with E-state index < -0.39 is 17.7 Å². The number of ether oxygens (including phenoxy) is 3. The number of aliphatic hydroxyl groups excluding tert-OH is 1. The molecule has 3 rings (SSSR count). The van der Waals surface area contributed by atoms with Crippen molar-refractivity contribution in [3.05, 3.63) is 59.4 Å².